The van der Waals surface area contributed by atoms with Gasteiger partial charge in [0.05, 0.1) is 0 Å². The van der Waals surface area contributed by atoms with E-state index in [1.165, 1.54) is 0 Å². The zero-order valence-corrected chi connectivity index (χ0v) is 9.39. The summed E-state index contributed by atoms with van der Waals surface area (Å²) in [6.45, 7) is 1.07. The Labute approximate surface area is 98.5 Å². The predicted octanol–water partition coefficient (Wildman–Crippen LogP) is 1.16. The van der Waals surface area contributed by atoms with E-state index in [2.05, 4.69) is 5.32 Å². The number of nitrogens with one attached hydrogen (secondary N) is 1. The monoisotopic (exact) mass is 239 g/mol. The van der Waals surface area contributed by atoms with Crippen LogP contribution in [0.25, 0.3) is 0 Å². The van der Waals surface area contributed by atoms with Crippen molar-refractivity contribution < 1.29 is 19.1 Å². The number of aliphatic carboxylic acids is 1. The summed E-state index contributed by atoms with van der Waals surface area (Å²) in [5, 5.41) is 11.1. The van der Waals surface area contributed by atoms with E-state index in [9.17, 15) is 14.0 Å². The standard InChI is InChI=1S/C12H14FNO3/c1-8(13)11(15)14-10(12(16)17)7-9-5-3-2-4-6-9/h2-6,8,10H,7H2,1H3,(H,14,15)(H,16,17)/t8-,10+/m1/s1. The first-order valence-electron chi connectivity index (χ1n) is 5.22. The lowest BCUT2D eigenvalue weighted by Gasteiger charge is -2.14. The summed E-state index contributed by atoms with van der Waals surface area (Å²) in [5.74, 6) is -2.09. The van der Waals surface area contributed by atoms with Crippen LogP contribution in [0.3, 0.4) is 0 Å². The molecule has 0 saturated carbocycles. The number of carbonyl (C=O) groups is 2. The first-order chi connectivity index (χ1) is 8.00. The fourth-order valence-corrected chi connectivity index (χ4v) is 1.34. The molecule has 17 heavy (non-hydrogen) atoms. The molecule has 2 N–H and O–H groups in total. The van der Waals surface area contributed by atoms with E-state index < -0.39 is 24.1 Å². The first kappa shape index (κ1) is 13.2. The number of amides is 1. The minimum absolute atomic E-state index is 0.134. The molecular weight excluding hydrogens is 225 g/mol. The highest BCUT2D eigenvalue weighted by Gasteiger charge is 2.22. The van der Waals surface area contributed by atoms with Crippen molar-refractivity contribution in [2.24, 2.45) is 0 Å². The largest absolute Gasteiger partial charge is 0.480 e. The molecule has 0 aliphatic heterocycles. The predicted molar refractivity (Wildman–Crippen MR) is 60.3 cm³/mol. The number of rotatable bonds is 5. The molecule has 2 atom stereocenters. The van der Waals surface area contributed by atoms with Crippen LogP contribution in [0.5, 0.6) is 0 Å². The number of benzene rings is 1. The van der Waals surface area contributed by atoms with Gasteiger partial charge in [-0.1, -0.05) is 30.3 Å². The molecule has 5 heteroatoms. The highest BCUT2D eigenvalue weighted by atomic mass is 19.1. The summed E-state index contributed by atoms with van der Waals surface area (Å²) in [6, 6.07) is 7.74. The van der Waals surface area contributed by atoms with E-state index in [4.69, 9.17) is 5.11 Å². The number of carboxylic acids is 1. The van der Waals surface area contributed by atoms with Gasteiger partial charge in [-0.2, -0.15) is 0 Å². The molecule has 0 aliphatic rings. The lowest BCUT2D eigenvalue weighted by Crippen LogP contribution is -2.45. The zero-order chi connectivity index (χ0) is 12.8. The number of carbonyl (C=O) groups excluding carboxylic acids is 1. The smallest absolute Gasteiger partial charge is 0.326 e. The van der Waals surface area contributed by atoms with Crippen molar-refractivity contribution in [1.29, 1.82) is 0 Å². The highest BCUT2D eigenvalue weighted by Crippen LogP contribution is 2.04. The molecule has 0 aliphatic carbocycles. The second-order valence-corrected chi connectivity index (χ2v) is 3.71. The van der Waals surface area contributed by atoms with Crippen molar-refractivity contribution in [3.8, 4) is 0 Å². The van der Waals surface area contributed by atoms with Crippen LogP contribution in [-0.2, 0) is 16.0 Å². The number of carboxylic acid groups (broad SMARTS) is 1. The first-order valence-corrected chi connectivity index (χ1v) is 5.22. The van der Waals surface area contributed by atoms with E-state index >= 15 is 0 Å². The lowest BCUT2D eigenvalue weighted by atomic mass is 10.1. The summed E-state index contributed by atoms with van der Waals surface area (Å²) < 4.78 is 12.7. The summed E-state index contributed by atoms with van der Waals surface area (Å²) in [7, 11) is 0. The third-order valence-electron chi connectivity index (χ3n) is 2.26. The van der Waals surface area contributed by atoms with Gasteiger partial charge in [0.25, 0.3) is 5.91 Å². The SMILES string of the molecule is C[C@@H](F)C(=O)N[C@@H](Cc1ccccc1)C(=O)O. The third kappa shape index (κ3) is 4.22. The van der Waals surface area contributed by atoms with Gasteiger partial charge in [-0.15, -0.1) is 0 Å². The molecule has 1 aromatic carbocycles. The number of hydrogen-bond acceptors (Lipinski definition) is 2. The summed E-state index contributed by atoms with van der Waals surface area (Å²) in [4.78, 5) is 22.0. The molecule has 0 saturated heterocycles. The number of halogens is 1. The van der Waals surface area contributed by atoms with Crippen LogP contribution in [0, 0.1) is 0 Å². The fraction of sp³-hybridized carbons (Fsp3) is 0.333. The Morgan fingerprint density at radius 2 is 1.94 bits per heavy atom. The van der Waals surface area contributed by atoms with Gasteiger partial charge >= 0.3 is 5.97 Å². The average Bonchev–Trinajstić information content (AvgIpc) is 2.29. The highest BCUT2D eigenvalue weighted by molar-refractivity contribution is 5.86. The lowest BCUT2D eigenvalue weighted by molar-refractivity contribution is -0.142. The molecule has 1 amide bonds. The van der Waals surface area contributed by atoms with Crippen LogP contribution in [0.1, 0.15) is 12.5 Å². The van der Waals surface area contributed by atoms with Crippen LogP contribution in [0.2, 0.25) is 0 Å². The molecule has 1 rings (SSSR count). The van der Waals surface area contributed by atoms with Crippen molar-refractivity contribution >= 4 is 11.9 Å². The maximum Gasteiger partial charge on any atom is 0.326 e. The Bertz CT molecular complexity index is 392. The molecule has 4 nitrogen and oxygen atoms in total. The molecule has 0 spiro atoms. The van der Waals surface area contributed by atoms with Crippen molar-refractivity contribution in [3.63, 3.8) is 0 Å². The van der Waals surface area contributed by atoms with Crippen LogP contribution in [0.15, 0.2) is 30.3 Å². The Morgan fingerprint density at radius 1 is 1.35 bits per heavy atom. The molecule has 0 bridgehead atoms. The summed E-state index contributed by atoms with van der Waals surface area (Å²) in [5.41, 5.74) is 0.770. The van der Waals surface area contributed by atoms with Gasteiger partial charge in [0.1, 0.15) is 6.04 Å². The quantitative estimate of drug-likeness (QED) is 0.810. The average molecular weight is 239 g/mol. The molecular formula is C12H14FNO3. The zero-order valence-electron chi connectivity index (χ0n) is 9.39. The van der Waals surface area contributed by atoms with Crippen LogP contribution >= 0.6 is 0 Å². The summed E-state index contributed by atoms with van der Waals surface area (Å²) >= 11 is 0. The van der Waals surface area contributed by atoms with Gasteiger partial charge in [-0.05, 0) is 12.5 Å². The van der Waals surface area contributed by atoms with E-state index in [0.717, 1.165) is 12.5 Å². The van der Waals surface area contributed by atoms with Gasteiger partial charge in [0.2, 0.25) is 0 Å². The van der Waals surface area contributed by atoms with Crippen LogP contribution in [-0.4, -0.2) is 29.2 Å². The summed E-state index contributed by atoms with van der Waals surface area (Å²) in [6.07, 6.45) is -1.58. The Morgan fingerprint density at radius 3 is 2.41 bits per heavy atom. The maximum absolute atomic E-state index is 12.7. The van der Waals surface area contributed by atoms with E-state index in [1.807, 2.05) is 6.07 Å². The Kier molecular flexibility index (Phi) is 4.63. The van der Waals surface area contributed by atoms with Gasteiger partial charge < -0.3 is 10.4 Å². The van der Waals surface area contributed by atoms with Gasteiger partial charge in [-0.3, -0.25) is 4.79 Å². The molecule has 92 valence electrons. The fourth-order valence-electron chi connectivity index (χ4n) is 1.34. The van der Waals surface area contributed by atoms with E-state index in [-0.39, 0.29) is 6.42 Å². The van der Waals surface area contributed by atoms with Crippen molar-refractivity contribution in [3.05, 3.63) is 35.9 Å². The third-order valence-corrected chi connectivity index (χ3v) is 2.26. The van der Waals surface area contributed by atoms with Crippen LogP contribution < -0.4 is 5.32 Å². The molecule has 0 heterocycles. The minimum Gasteiger partial charge on any atom is -0.480 e. The van der Waals surface area contributed by atoms with Crippen molar-refractivity contribution in [2.45, 2.75) is 25.6 Å². The molecule has 0 aromatic heterocycles. The van der Waals surface area contributed by atoms with Gasteiger partial charge in [-0.25, -0.2) is 9.18 Å². The van der Waals surface area contributed by atoms with Crippen molar-refractivity contribution in [1.82, 2.24) is 5.32 Å². The topological polar surface area (TPSA) is 66.4 Å². The molecule has 1 aromatic rings. The minimum atomic E-state index is -1.72. The number of alkyl halides is 1. The normalized spacial score (nSPS) is 13.8. The molecule has 0 unspecified atom stereocenters. The van der Waals surface area contributed by atoms with Crippen LogP contribution in [0.4, 0.5) is 4.39 Å². The van der Waals surface area contributed by atoms with Crippen molar-refractivity contribution in [2.75, 3.05) is 0 Å². The maximum atomic E-state index is 12.7. The molecule has 0 radical (unpaired) electrons. The second kappa shape index (κ2) is 5.98. The number of hydrogen-bond donors (Lipinski definition) is 2. The second-order valence-electron chi connectivity index (χ2n) is 3.71. The Balaban J connectivity index is 2.68. The Hall–Kier alpha value is -1.91. The van der Waals surface area contributed by atoms with Gasteiger partial charge in [0.15, 0.2) is 6.17 Å². The van der Waals surface area contributed by atoms with Gasteiger partial charge in [0, 0.05) is 6.42 Å². The molecule has 0 fully saturated rings. The van der Waals surface area contributed by atoms with E-state index in [1.54, 1.807) is 24.3 Å². The van der Waals surface area contributed by atoms with E-state index in [0.29, 0.717) is 0 Å².